The number of nitrogens with zero attached hydrogens (tertiary/aromatic N) is 3. The fourth-order valence-corrected chi connectivity index (χ4v) is 2.83. The van der Waals surface area contributed by atoms with Crippen molar-refractivity contribution in [1.29, 1.82) is 0 Å². The Bertz CT molecular complexity index is 695. The summed E-state index contributed by atoms with van der Waals surface area (Å²) >= 11 is 0. The quantitative estimate of drug-likeness (QED) is 0.718. The van der Waals surface area contributed by atoms with E-state index in [0.717, 1.165) is 43.9 Å². The number of hydrogen-bond donors (Lipinski definition) is 1. The van der Waals surface area contributed by atoms with Crippen LogP contribution in [0.15, 0.2) is 42.6 Å². The van der Waals surface area contributed by atoms with E-state index < -0.39 is 0 Å². The van der Waals surface area contributed by atoms with Crippen LogP contribution in [0.4, 0.5) is 17.1 Å². The van der Waals surface area contributed by atoms with E-state index >= 15 is 0 Å². The van der Waals surface area contributed by atoms with E-state index in [-0.39, 0.29) is 5.91 Å². The van der Waals surface area contributed by atoms with Crippen molar-refractivity contribution in [3.8, 4) is 0 Å². The van der Waals surface area contributed by atoms with Crippen molar-refractivity contribution < 1.29 is 4.79 Å². The van der Waals surface area contributed by atoms with Crippen LogP contribution in [-0.4, -0.2) is 42.5 Å². The minimum atomic E-state index is -0.0426. The average molecular weight is 354 g/mol. The van der Waals surface area contributed by atoms with E-state index in [4.69, 9.17) is 0 Å². The Morgan fingerprint density at radius 1 is 1.04 bits per heavy atom. The minimum Gasteiger partial charge on any atom is -0.372 e. The van der Waals surface area contributed by atoms with Crippen molar-refractivity contribution in [1.82, 2.24) is 9.88 Å². The highest BCUT2D eigenvalue weighted by Crippen LogP contribution is 2.21. The Labute approximate surface area is 157 Å². The maximum Gasteiger partial charge on any atom is 0.272 e. The van der Waals surface area contributed by atoms with E-state index in [1.54, 1.807) is 11.1 Å². The molecule has 1 N–H and O–H groups in total. The second kappa shape index (κ2) is 9.80. The summed E-state index contributed by atoms with van der Waals surface area (Å²) in [4.78, 5) is 20.7. The molecule has 0 bridgehead atoms. The van der Waals surface area contributed by atoms with Crippen molar-refractivity contribution >= 4 is 23.0 Å². The number of anilines is 3. The third-order valence-electron chi connectivity index (χ3n) is 4.46. The highest BCUT2D eigenvalue weighted by atomic mass is 16.2. The molecule has 2 aromatic rings. The summed E-state index contributed by atoms with van der Waals surface area (Å²) in [5.41, 5.74) is 3.53. The number of carbonyl (C=O) groups is 1. The van der Waals surface area contributed by atoms with Gasteiger partial charge in [-0.15, -0.1) is 0 Å². The van der Waals surface area contributed by atoms with E-state index in [1.807, 2.05) is 19.2 Å². The maximum atomic E-state index is 12.5. The van der Waals surface area contributed by atoms with Crippen LogP contribution in [0.1, 0.15) is 44.1 Å². The van der Waals surface area contributed by atoms with Gasteiger partial charge in [0.25, 0.3) is 5.91 Å². The molecule has 1 heterocycles. The largest absolute Gasteiger partial charge is 0.372 e. The first kappa shape index (κ1) is 19.8. The molecular weight excluding hydrogens is 324 g/mol. The molecule has 2 rings (SSSR count). The summed E-state index contributed by atoms with van der Waals surface area (Å²) in [5.74, 6) is -0.0426. The van der Waals surface area contributed by atoms with E-state index in [2.05, 4.69) is 60.2 Å². The number of rotatable bonds is 9. The van der Waals surface area contributed by atoms with Crippen LogP contribution in [0.2, 0.25) is 0 Å². The summed E-state index contributed by atoms with van der Waals surface area (Å²) in [6.45, 7) is 9.16. The number of nitrogens with one attached hydrogen (secondary N) is 1. The summed E-state index contributed by atoms with van der Waals surface area (Å²) < 4.78 is 0. The number of aromatic nitrogens is 1. The first-order valence-electron chi connectivity index (χ1n) is 9.42. The van der Waals surface area contributed by atoms with Gasteiger partial charge >= 0.3 is 0 Å². The molecule has 0 aliphatic heterocycles. The topological polar surface area (TPSA) is 48.5 Å². The number of hydrogen-bond acceptors (Lipinski definition) is 4. The molecule has 1 aromatic carbocycles. The van der Waals surface area contributed by atoms with Crippen LogP contribution in [0.3, 0.4) is 0 Å². The fraction of sp³-hybridized carbons (Fsp3) is 0.429. The molecule has 140 valence electrons. The van der Waals surface area contributed by atoms with Gasteiger partial charge in [0.05, 0.1) is 0 Å². The lowest BCUT2D eigenvalue weighted by atomic mass is 10.2. The van der Waals surface area contributed by atoms with Crippen LogP contribution in [-0.2, 0) is 0 Å². The second-order valence-corrected chi connectivity index (χ2v) is 6.35. The number of amides is 1. The highest BCUT2D eigenvalue weighted by molar-refractivity contribution is 5.93. The first-order valence-corrected chi connectivity index (χ1v) is 9.42. The maximum absolute atomic E-state index is 12.5. The van der Waals surface area contributed by atoms with Gasteiger partial charge in [0.15, 0.2) is 0 Å². The van der Waals surface area contributed by atoms with Gasteiger partial charge < -0.3 is 15.1 Å². The normalized spacial score (nSPS) is 10.5. The predicted octanol–water partition coefficient (Wildman–Crippen LogP) is 4.54. The molecule has 5 heteroatoms. The Balaban J connectivity index is 2.07. The summed E-state index contributed by atoms with van der Waals surface area (Å²) in [5, 5.41) is 3.35. The van der Waals surface area contributed by atoms with E-state index in [9.17, 15) is 4.79 Å². The van der Waals surface area contributed by atoms with Crippen LogP contribution >= 0.6 is 0 Å². The number of unbranched alkanes of at least 4 members (excludes halogenated alkanes) is 1. The molecule has 5 nitrogen and oxygen atoms in total. The third kappa shape index (κ3) is 5.22. The molecule has 0 saturated heterocycles. The molecule has 0 atom stereocenters. The van der Waals surface area contributed by atoms with Gasteiger partial charge in [-0.1, -0.05) is 13.3 Å². The van der Waals surface area contributed by atoms with Gasteiger partial charge in [-0.25, -0.2) is 0 Å². The molecule has 0 saturated carbocycles. The Morgan fingerprint density at radius 3 is 2.35 bits per heavy atom. The molecule has 0 aliphatic carbocycles. The zero-order valence-corrected chi connectivity index (χ0v) is 16.3. The van der Waals surface area contributed by atoms with Crippen LogP contribution in [0, 0.1) is 0 Å². The van der Waals surface area contributed by atoms with Gasteiger partial charge in [0, 0.05) is 49.9 Å². The molecular formula is C21H30N4O. The molecule has 0 radical (unpaired) electrons. The number of benzene rings is 1. The molecule has 0 spiro atoms. The summed E-state index contributed by atoms with van der Waals surface area (Å²) in [6, 6.07) is 12.0. The van der Waals surface area contributed by atoms with Crippen molar-refractivity contribution in [2.75, 3.05) is 36.9 Å². The lowest BCUT2D eigenvalue weighted by Crippen LogP contribution is -2.28. The van der Waals surface area contributed by atoms with Crippen molar-refractivity contribution in [3.63, 3.8) is 0 Å². The van der Waals surface area contributed by atoms with Crippen molar-refractivity contribution in [3.05, 3.63) is 48.3 Å². The molecule has 1 amide bonds. The monoisotopic (exact) mass is 354 g/mol. The Hall–Kier alpha value is -2.56. The number of carbonyl (C=O) groups excluding carboxylic acids is 1. The Morgan fingerprint density at radius 2 is 1.73 bits per heavy atom. The smallest absolute Gasteiger partial charge is 0.272 e. The van der Waals surface area contributed by atoms with Crippen molar-refractivity contribution in [2.24, 2.45) is 0 Å². The zero-order chi connectivity index (χ0) is 18.9. The van der Waals surface area contributed by atoms with Crippen LogP contribution in [0.25, 0.3) is 0 Å². The van der Waals surface area contributed by atoms with Gasteiger partial charge in [-0.2, -0.15) is 0 Å². The first-order chi connectivity index (χ1) is 12.6. The third-order valence-corrected chi connectivity index (χ3v) is 4.46. The standard InChI is InChI=1S/C21H30N4O/c1-5-8-15-24(4)21(26)20-16-18(13-14-22-20)23-17-9-11-19(12-10-17)25(6-2)7-3/h9-14,16H,5-8,15H2,1-4H3,(H,22,23). The summed E-state index contributed by atoms with van der Waals surface area (Å²) in [6.07, 6.45) is 3.74. The fourth-order valence-electron chi connectivity index (χ4n) is 2.83. The van der Waals surface area contributed by atoms with Crippen LogP contribution < -0.4 is 10.2 Å². The SMILES string of the molecule is CCCCN(C)C(=O)c1cc(Nc2ccc(N(CC)CC)cc2)ccn1. The summed E-state index contributed by atoms with van der Waals surface area (Å²) in [7, 11) is 1.83. The molecule has 0 fully saturated rings. The predicted molar refractivity (Wildman–Crippen MR) is 109 cm³/mol. The van der Waals surface area contributed by atoms with Gasteiger partial charge in [-0.05, 0) is 56.7 Å². The highest BCUT2D eigenvalue weighted by Gasteiger charge is 2.13. The molecule has 26 heavy (non-hydrogen) atoms. The lowest BCUT2D eigenvalue weighted by Gasteiger charge is -2.21. The minimum absolute atomic E-state index is 0.0426. The molecule has 0 aliphatic rings. The zero-order valence-electron chi connectivity index (χ0n) is 16.3. The Kier molecular flexibility index (Phi) is 7.45. The van der Waals surface area contributed by atoms with Crippen molar-refractivity contribution in [2.45, 2.75) is 33.6 Å². The number of pyridine rings is 1. The van der Waals surface area contributed by atoms with Crippen LogP contribution in [0.5, 0.6) is 0 Å². The second-order valence-electron chi connectivity index (χ2n) is 6.35. The average Bonchev–Trinajstić information content (AvgIpc) is 2.68. The van der Waals surface area contributed by atoms with Gasteiger partial charge in [-0.3, -0.25) is 9.78 Å². The lowest BCUT2D eigenvalue weighted by molar-refractivity contribution is 0.0787. The van der Waals surface area contributed by atoms with Gasteiger partial charge in [0.2, 0.25) is 0 Å². The van der Waals surface area contributed by atoms with E-state index in [1.165, 1.54) is 5.69 Å². The molecule has 0 unspecified atom stereocenters. The van der Waals surface area contributed by atoms with E-state index in [0.29, 0.717) is 5.69 Å². The van der Waals surface area contributed by atoms with Gasteiger partial charge in [0.1, 0.15) is 5.69 Å². The molecule has 1 aromatic heterocycles.